The van der Waals surface area contributed by atoms with Crippen molar-refractivity contribution in [3.8, 4) is 17.2 Å². The highest BCUT2D eigenvalue weighted by Crippen LogP contribution is 2.28. The molecule has 5 rings (SSSR count). The van der Waals surface area contributed by atoms with Gasteiger partial charge >= 0.3 is 5.97 Å². The zero-order chi connectivity index (χ0) is 26.3. The zero-order valence-electron chi connectivity index (χ0n) is 20.4. The summed E-state index contributed by atoms with van der Waals surface area (Å²) < 4.78 is 16.7. The van der Waals surface area contributed by atoms with Crippen molar-refractivity contribution < 1.29 is 28.3 Å². The van der Waals surface area contributed by atoms with Crippen LogP contribution in [0, 0.1) is 6.92 Å². The molecule has 2 amide bonds. The van der Waals surface area contributed by atoms with Gasteiger partial charge in [0.2, 0.25) is 11.2 Å². The van der Waals surface area contributed by atoms with Gasteiger partial charge in [-0.15, -0.1) is 0 Å². The number of benzene rings is 3. The fourth-order valence-corrected chi connectivity index (χ4v) is 4.09. The Kier molecular flexibility index (Phi) is 6.09. The minimum Gasteiger partial charge on any atom is -0.460 e. The zero-order valence-corrected chi connectivity index (χ0v) is 20.4. The number of amides is 2. The van der Waals surface area contributed by atoms with Gasteiger partial charge in [-0.05, 0) is 62.7 Å². The van der Waals surface area contributed by atoms with Crippen molar-refractivity contribution in [1.29, 1.82) is 0 Å². The number of hydrogen-bond donors (Lipinski definition) is 0. The number of carbonyl (C=O) groups is 3. The maximum absolute atomic E-state index is 12.9. The second-order valence-electron chi connectivity index (χ2n) is 8.89. The first-order valence-electron chi connectivity index (χ1n) is 11.8. The summed E-state index contributed by atoms with van der Waals surface area (Å²) >= 11 is 0. The van der Waals surface area contributed by atoms with Gasteiger partial charge in [-0.1, -0.05) is 24.6 Å². The van der Waals surface area contributed by atoms with Crippen LogP contribution in [0.1, 0.15) is 56.9 Å². The predicted molar refractivity (Wildman–Crippen MR) is 135 cm³/mol. The molecule has 0 N–H and O–H groups in total. The monoisotopic (exact) mass is 497 g/mol. The molecule has 0 radical (unpaired) electrons. The van der Waals surface area contributed by atoms with Crippen molar-refractivity contribution in [2.24, 2.45) is 0 Å². The Bertz CT molecular complexity index is 1620. The quantitative estimate of drug-likeness (QED) is 0.197. The van der Waals surface area contributed by atoms with E-state index < -0.39 is 11.9 Å². The first-order chi connectivity index (χ1) is 17.8. The Balaban J connectivity index is 1.36. The van der Waals surface area contributed by atoms with E-state index in [1.165, 1.54) is 47.6 Å². The number of carbonyl (C=O) groups excluding carboxylic acids is 3. The van der Waals surface area contributed by atoms with E-state index in [1.807, 2.05) is 26.0 Å². The van der Waals surface area contributed by atoms with Crippen molar-refractivity contribution in [3.63, 3.8) is 0 Å². The molecule has 37 heavy (non-hydrogen) atoms. The standard InChI is InChI=1S/C29H23NO7/c1-4-17(3)30-27(32)21-11-7-18(13-23(21)28(30)33)29(34)37-20-10-12-22-24(14-20)35-15-25(26(22)31)36-19-8-5-16(2)6-9-19/h5-15,17H,4H2,1-3H3/t17-/m1/s1. The van der Waals surface area contributed by atoms with E-state index in [0.29, 0.717) is 12.2 Å². The third-order valence-electron chi connectivity index (χ3n) is 6.36. The molecule has 2 heterocycles. The van der Waals surface area contributed by atoms with Crippen molar-refractivity contribution in [2.75, 3.05) is 0 Å². The summed E-state index contributed by atoms with van der Waals surface area (Å²) in [4.78, 5) is 52.3. The second kappa shape index (κ2) is 9.39. The Labute approximate surface area is 212 Å². The third kappa shape index (κ3) is 4.38. The highest BCUT2D eigenvalue weighted by molar-refractivity contribution is 6.22. The van der Waals surface area contributed by atoms with Gasteiger partial charge in [0.15, 0.2) is 0 Å². The van der Waals surface area contributed by atoms with Crippen LogP contribution in [0.15, 0.2) is 76.1 Å². The lowest BCUT2D eigenvalue weighted by molar-refractivity contribution is 0.0593. The molecule has 186 valence electrons. The van der Waals surface area contributed by atoms with E-state index in [2.05, 4.69) is 0 Å². The van der Waals surface area contributed by atoms with E-state index in [-0.39, 0.29) is 56.5 Å². The molecule has 0 fully saturated rings. The number of imide groups is 1. The lowest BCUT2D eigenvalue weighted by atomic mass is 10.1. The van der Waals surface area contributed by atoms with Crippen molar-refractivity contribution >= 4 is 28.8 Å². The lowest BCUT2D eigenvalue weighted by Gasteiger charge is -2.20. The summed E-state index contributed by atoms with van der Waals surface area (Å²) in [5, 5.41) is 0.260. The third-order valence-corrected chi connectivity index (χ3v) is 6.36. The Morgan fingerprint density at radius 3 is 2.35 bits per heavy atom. The molecule has 1 aliphatic rings. The van der Waals surface area contributed by atoms with E-state index in [4.69, 9.17) is 13.9 Å². The number of hydrogen-bond acceptors (Lipinski definition) is 7. The van der Waals surface area contributed by atoms with Crippen LogP contribution in [0.3, 0.4) is 0 Å². The first-order valence-corrected chi connectivity index (χ1v) is 11.8. The van der Waals surface area contributed by atoms with Crippen LogP contribution in [0.25, 0.3) is 11.0 Å². The molecule has 8 nitrogen and oxygen atoms in total. The molecule has 1 aliphatic heterocycles. The summed E-state index contributed by atoms with van der Waals surface area (Å²) in [6.45, 7) is 5.64. The van der Waals surface area contributed by atoms with Crippen LogP contribution in [-0.4, -0.2) is 28.7 Å². The maximum Gasteiger partial charge on any atom is 0.343 e. The number of esters is 1. The summed E-state index contributed by atoms with van der Waals surface area (Å²) in [5.74, 6) is -0.831. The van der Waals surface area contributed by atoms with E-state index in [0.717, 1.165) is 5.56 Å². The van der Waals surface area contributed by atoms with Crippen molar-refractivity contribution in [2.45, 2.75) is 33.2 Å². The van der Waals surface area contributed by atoms with E-state index in [1.54, 1.807) is 19.1 Å². The molecule has 0 saturated carbocycles. The highest BCUT2D eigenvalue weighted by atomic mass is 16.5. The van der Waals surface area contributed by atoms with Gasteiger partial charge in [0, 0.05) is 12.1 Å². The van der Waals surface area contributed by atoms with Crippen molar-refractivity contribution in [1.82, 2.24) is 4.90 Å². The summed E-state index contributed by atoms with van der Waals surface area (Å²) in [6, 6.07) is 15.7. The molecule has 0 spiro atoms. The van der Waals surface area contributed by atoms with Gasteiger partial charge in [0.05, 0.1) is 22.1 Å². The second-order valence-corrected chi connectivity index (χ2v) is 8.89. The summed E-state index contributed by atoms with van der Waals surface area (Å²) in [7, 11) is 0. The van der Waals surface area contributed by atoms with Gasteiger partial charge in [0.1, 0.15) is 23.3 Å². The molecule has 0 saturated heterocycles. The Morgan fingerprint density at radius 1 is 0.919 bits per heavy atom. The van der Waals surface area contributed by atoms with Gasteiger partial charge < -0.3 is 13.9 Å². The van der Waals surface area contributed by atoms with Gasteiger partial charge in [-0.2, -0.15) is 0 Å². The van der Waals surface area contributed by atoms with Gasteiger partial charge in [-0.25, -0.2) is 4.79 Å². The molecular formula is C29H23NO7. The number of fused-ring (bicyclic) bond motifs is 2. The molecule has 8 heteroatoms. The topological polar surface area (TPSA) is 103 Å². The molecule has 1 aromatic heterocycles. The van der Waals surface area contributed by atoms with Crippen molar-refractivity contribution in [3.05, 3.63) is 99.4 Å². The number of ether oxygens (including phenoxy) is 2. The largest absolute Gasteiger partial charge is 0.460 e. The molecule has 0 bridgehead atoms. The summed E-state index contributed by atoms with van der Waals surface area (Å²) in [6.07, 6.45) is 1.83. The Hall–Kier alpha value is -4.72. The molecule has 1 atom stereocenters. The van der Waals surface area contributed by atoms with Gasteiger partial charge in [-0.3, -0.25) is 19.3 Å². The average molecular weight is 498 g/mol. The van der Waals surface area contributed by atoms with Crippen LogP contribution in [-0.2, 0) is 0 Å². The molecule has 3 aromatic carbocycles. The van der Waals surface area contributed by atoms with Crippen LogP contribution >= 0.6 is 0 Å². The molecule has 0 unspecified atom stereocenters. The Morgan fingerprint density at radius 2 is 1.62 bits per heavy atom. The highest BCUT2D eigenvalue weighted by Gasteiger charge is 2.38. The first kappa shape index (κ1) is 24.0. The lowest BCUT2D eigenvalue weighted by Crippen LogP contribution is -2.37. The minimum absolute atomic E-state index is 0.0323. The molecule has 0 aliphatic carbocycles. The predicted octanol–water partition coefficient (Wildman–Crippen LogP) is 5.51. The van der Waals surface area contributed by atoms with Gasteiger partial charge in [0.25, 0.3) is 11.8 Å². The molecular weight excluding hydrogens is 474 g/mol. The fourth-order valence-electron chi connectivity index (χ4n) is 4.09. The normalized spacial score (nSPS) is 13.5. The molecule has 4 aromatic rings. The smallest absolute Gasteiger partial charge is 0.343 e. The SMILES string of the molecule is CC[C@@H](C)N1C(=O)c2ccc(C(=O)Oc3ccc4c(=O)c(Oc5ccc(C)cc5)coc4c3)cc2C1=O. The average Bonchev–Trinajstić information content (AvgIpc) is 3.15. The van der Waals surface area contributed by atoms with Crippen LogP contribution in [0.4, 0.5) is 0 Å². The van der Waals surface area contributed by atoms with Crippen LogP contribution < -0.4 is 14.9 Å². The van der Waals surface area contributed by atoms with Crippen LogP contribution in [0.5, 0.6) is 17.2 Å². The van der Waals surface area contributed by atoms with Crippen LogP contribution in [0.2, 0.25) is 0 Å². The summed E-state index contributed by atoms with van der Waals surface area (Å²) in [5.41, 5.74) is 1.46. The van der Waals surface area contributed by atoms with E-state index in [9.17, 15) is 19.2 Å². The fraction of sp³-hybridized carbons (Fsp3) is 0.172. The van der Waals surface area contributed by atoms with E-state index >= 15 is 0 Å². The maximum atomic E-state index is 12.9. The number of rotatable bonds is 6. The minimum atomic E-state index is -0.717. The number of nitrogens with zero attached hydrogens (tertiary/aromatic N) is 1. The number of aryl methyl sites for hydroxylation is 1.